The standard InChI is InChI=1S/C8H20N2Si2/c1-7(2)9-11-5-12(6-11)10-8(3)4/h7-10H,5-6H2,1-4H3. The molecule has 1 heterocycles. The van der Waals surface area contributed by atoms with Crippen LogP contribution < -0.4 is 9.96 Å². The van der Waals surface area contributed by atoms with E-state index in [0.29, 0.717) is 12.1 Å². The lowest BCUT2D eigenvalue weighted by atomic mass is 10.4. The summed E-state index contributed by atoms with van der Waals surface area (Å²) >= 11 is 0. The molecule has 0 unspecified atom stereocenters. The minimum absolute atomic E-state index is 0.109. The highest BCUT2D eigenvalue weighted by molar-refractivity contribution is 6.92. The Morgan fingerprint density at radius 2 is 1.17 bits per heavy atom. The second-order valence-corrected chi connectivity index (χ2v) is 9.98. The van der Waals surface area contributed by atoms with Crippen LogP contribution in [0.3, 0.4) is 0 Å². The first-order valence-corrected chi connectivity index (χ1v) is 8.63. The molecule has 1 saturated heterocycles. The monoisotopic (exact) mass is 200 g/mol. The van der Waals surface area contributed by atoms with Crippen LogP contribution in [-0.4, -0.2) is 30.0 Å². The van der Waals surface area contributed by atoms with Gasteiger partial charge in [0.1, 0.15) is 17.9 Å². The Balaban J connectivity index is 2.04. The lowest BCUT2D eigenvalue weighted by molar-refractivity contribution is 0.720. The van der Waals surface area contributed by atoms with E-state index in [1.807, 2.05) is 0 Å². The van der Waals surface area contributed by atoms with E-state index in [-0.39, 0.29) is 17.9 Å². The molecular formula is C8H20N2Si2. The van der Waals surface area contributed by atoms with Gasteiger partial charge in [-0.25, -0.2) is 0 Å². The van der Waals surface area contributed by atoms with Crippen molar-refractivity contribution in [3.63, 3.8) is 0 Å². The highest BCUT2D eigenvalue weighted by atomic mass is 28.4. The van der Waals surface area contributed by atoms with Crippen molar-refractivity contribution in [1.29, 1.82) is 0 Å². The summed E-state index contributed by atoms with van der Waals surface area (Å²) in [6.45, 7) is 8.99. The van der Waals surface area contributed by atoms with Crippen LogP contribution >= 0.6 is 0 Å². The van der Waals surface area contributed by atoms with Crippen LogP contribution in [0.15, 0.2) is 0 Å². The molecule has 1 fully saturated rings. The summed E-state index contributed by atoms with van der Waals surface area (Å²) in [6, 6.07) is 1.39. The predicted octanol–water partition coefficient (Wildman–Crippen LogP) is 1.06. The molecule has 12 heavy (non-hydrogen) atoms. The molecule has 0 bridgehead atoms. The van der Waals surface area contributed by atoms with Crippen LogP contribution in [0.1, 0.15) is 27.7 Å². The van der Waals surface area contributed by atoms with E-state index >= 15 is 0 Å². The molecule has 1 aliphatic heterocycles. The lowest BCUT2D eigenvalue weighted by Crippen LogP contribution is -2.59. The molecule has 0 spiro atoms. The minimum atomic E-state index is -0.109. The molecule has 70 valence electrons. The van der Waals surface area contributed by atoms with Crippen LogP contribution in [0.25, 0.3) is 0 Å². The molecule has 2 nitrogen and oxygen atoms in total. The van der Waals surface area contributed by atoms with Gasteiger partial charge in [-0.3, -0.25) is 0 Å². The third kappa shape index (κ3) is 3.39. The van der Waals surface area contributed by atoms with Crippen LogP contribution in [0, 0.1) is 0 Å². The first-order chi connectivity index (χ1) is 5.58. The third-order valence-corrected chi connectivity index (χ3v) is 10.6. The Kier molecular flexibility index (Phi) is 3.96. The Morgan fingerprint density at radius 1 is 0.833 bits per heavy atom. The zero-order valence-electron chi connectivity index (χ0n) is 8.57. The van der Waals surface area contributed by atoms with Gasteiger partial charge in [-0.1, -0.05) is 27.7 Å². The van der Waals surface area contributed by atoms with Crippen molar-refractivity contribution in [3.05, 3.63) is 0 Å². The zero-order valence-corrected chi connectivity index (χ0v) is 10.6. The molecule has 0 saturated carbocycles. The summed E-state index contributed by atoms with van der Waals surface area (Å²) in [7, 11) is -0.217. The Hall–Kier alpha value is 0.354. The maximum absolute atomic E-state index is 3.67. The molecule has 0 aromatic heterocycles. The number of hydrogen-bond acceptors (Lipinski definition) is 2. The van der Waals surface area contributed by atoms with E-state index in [0.717, 1.165) is 0 Å². The fraction of sp³-hybridized carbons (Fsp3) is 1.00. The Labute approximate surface area is 79.5 Å². The average Bonchev–Trinajstić information content (AvgIpc) is 1.80. The fourth-order valence-corrected chi connectivity index (χ4v) is 8.46. The van der Waals surface area contributed by atoms with Gasteiger partial charge in [-0.05, 0) is 23.4 Å². The summed E-state index contributed by atoms with van der Waals surface area (Å²) < 4.78 is 0. The van der Waals surface area contributed by atoms with Crippen LogP contribution in [-0.2, 0) is 0 Å². The summed E-state index contributed by atoms with van der Waals surface area (Å²) in [4.78, 5) is 7.34. The highest BCUT2D eigenvalue weighted by Crippen LogP contribution is 2.16. The topological polar surface area (TPSA) is 24.1 Å². The van der Waals surface area contributed by atoms with E-state index in [9.17, 15) is 0 Å². The minimum Gasteiger partial charge on any atom is -0.336 e. The van der Waals surface area contributed by atoms with Crippen molar-refractivity contribution >= 4 is 17.9 Å². The van der Waals surface area contributed by atoms with Crippen LogP contribution in [0.5, 0.6) is 0 Å². The summed E-state index contributed by atoms with van der Waals surface area (Å²) in [6.07, 6.45) is 0. The van der Waals surface area contributed by atoms with Gasteiger partial charge < -0.3 is 9.96 Å². The molecular weight excluding hydrogens is 180 g/mol. The fourth-order valence-electron chi connectivity index (χ4n) is 1.48. The normalized spacial score (nSPS) is 20.5. The smallest absolute Gasteiger partial charge is 0.130 e. The van der Waals surface area contributed by atoms with Crippen molar-refractivity contribution in [2.75, 3.05) is 0 Å². The number of hydrogen-bond donors (Lipinski definition) is 2. The average molecular weight is 200 g/mol. The highest BCUT2D eigenvalue weighted by Gasteiger charge is 2.33. The second-order valence-electron chi connectivity index (χ2n) is 4.16. The van der Waals surface area contributed by atoms with Gasteiger partial charge in [0.25, 0.3) is 0 Å². The van der Waals surface area contributed by atoms with Gasteiger partial charge in [-0.2, -0.15) is 0 Å². The molecule has 1 aliphatic rings. The van der Waals surface area contributed by atoms with Gasteiger partial charge >= 0.3 is 0 Å². The summed E-state index contributed by atoms with van der Waals surface area (Å²) in [5.41, 5.74) is 3.01. The van der Waals surface area contributed by atoms with Crippen LogP contribution in [0.4, 0.5) is 0 Å². The molecule has 4 heteroatoms. The first-order valence-electron chi connectivity index (χ1n) is 4.80. The van der Waals surface area contributed by atoms with Crippen LogP contribution in [0.2, 0.25) is 11.3 Å². The van der Waals surface area contributed by atoms with E-state index in [1.54, 1.807) is 0 Å². The van der Waals surface area contributed by atoms with Crippen molar-refractivity contribution in [2.24, 2.45) is 0 Å². The Morgan fingerprint density at radius 3 is 1.42 bits per heavy atom. The SMILES string of the molecule is CC(C)N[Si]1C[Si](NC(C)C)C1. The van der Waals surface area contributed by atoms with E-state index < -0.39 is 0 Å². The quantitative estimate of drug-likeness (QED) is 0.663. The molecule has 0 aromatic carbocycles. The van der Waals surface area contributed by atoms with E-state index in [2.05, 4.69) is 37.7 Å². The predicted molar refractivity (Wildman–Crippen MR) is 57.7 cm³/mol. The third-order valence-electron chi connectivity index (χ3n) is 1.84. The van der Waals surface area contributed by atoms with Crippen molar-refractivity contribution < 1.29 is 0 Å². The molecule has 2 N–H and O–H groups in total. The largest absolute Gasteiger partial charge is 0.336 e. The van der Waals surface area contributed by atoms with Gasteiger partial charge in [0.2, 0.25) is 0 Å². The number of nitrogens with one attached hydrogen (secondary N) is 2. The van der Waals surface area contributed by atoms with E-state index in [1.165, 1.54) is 11.3 Å². The molecule has 0 aliphatic carbocycles. The summed E-state index contributed by atoms with van der Waals surface area (Å²) in [5.74, 6) is 0. The lowest BCUT2D eigenvalue weighted by Gasteiger charge is -2.35. The van der Waals surface area contributed by atoms with Crippen molar-refractivity contribution in [1.82, 2.24) is 9.96 Å². The summed E-state index contributed by atoms with van der Waals surface area (Å²) in [5, 5.41) is 0. The molecule has 1 rings (SSSR count). The molecule has 0 amide bonds. The van der Waals surface area contributed by atoms with Crippen molar-refractivity contribution in [2.45, 2.75) is 51.1 Å². The van der Waals surface area contributed by atoms with Gasteiger partial charge in [-0.15, -0.1) is 0 Å². The maximum Gasteiger partial charge on any atom is 0.130 e. The second kappa shape index (κ2) is 4.55. The Bertz CT molecular complexity index is 119. The van der Waals surface area contributed by atoms with Gasteiger partial charge in [0.15, 0.2) is 0 Å². The first kappa shape index (κ1) is 10.4. The van der Waals surface area contributed by atoms with Gasteiger partial charge in [0, 0.05) is 0 Å². The molecule has 2 radical (unpaired) electrons. The number of rotatable bonds is 4. The van der Waals surface area contributed by atoms with E-state index in [4.69, 9.17) is 0 Å². The van der Waals surface area contributed by atoms with Crippen molar-refractivity contribution in [3.8, 4) is 0 Å². The maximum atomic E-state index is 3.67. The van der Waals surface area contributed by atoms with Gasteiger partial charge in [0.05, 0.1) is 0 Å². The molecule has 0 atom stereocenters. The molecule has 0 aromatic rings. The zero-order chi connectivity index (χ0) is 9.14.